The van der Waals surface area contributed by atoms with Crippen LogP contribution in [0.2, 0.25) is 0 Å². The van der Waals surface area contributed by atoms with Gasteiger partial charge in [0.05, 0.1) is 25.0 Å². The van der Waals surface area contributed by atoms with Crippen molar-refractivity contribution < 1.29 is 23.1 Å². The Kier molecular flexibility index (Phi) is 8.30. The Morgan fingerprint density at radius 3 is 2.43 bits per heavy atom. The van der Waals surface area contributed by atoms with Crippen LogP contribution in [0, 0.1) is 6.92 Å². The number of piperazine rings is 1. The van der Waals surface area contributed by atoms with Crippen LogP contribution in [0.25, 0.3) is 0 Å². The second-order valence-electron chi connectivity index (χ2n) is 13.7. The summed E-state index contributed by atoms with van der Waals surface area (Å²) in [7, 11) is 0. The number of amides is 2. The van der Waals surface area contributed by atoms with Gasteiger partial charge in [-0.25, -0.2) is 4.79 Å². The van der Waals surface area contributed by atoms with E-state index in [2.05, 4.69) is 15.0 Å². The van der Waals surface area contributed by atoms with E-state index in [1.807, 2.05) is 59.3 Å². The molecule has 1 fully saturated rings. The molecule has 1 aromatic carbocycles. The molecule has 0 unspecified atom stereocenters. The van der Waals surface area contributed by atoms with Gasteiger partial charge in [0.15, 0.2) is 0 Å². The Morgan fingerprint density at radius 1 is 1.09 bits per heavy atom. The van der Waals surface area contributed by atoms with E-state index < -0.39 is 28.7 Å². The molecule has 3 aromatic rings. The third kappa shape index (κ3) is 6.47. The van der Waals surface area contributed by atoms with Gasteiger partial charge in [0.25, 0.3) is 0 Å². The van der Waals surface area contributed by atoms with E-state index in [1.165, 1.54) is 24.4 Å². The number of aromatic nitrogens is 3. The van der Waals surface area contributed by atoms with Crippen LogP contribution in [0.15, 0.2) is 55.0 Å². The summed E-state index contributed by atoms with van der Waals surface area (Å²) >= 11 is 0. The van der Waals surface area contributed by atoms with Crippen molar-refractivity contribution in [1.82, 2.24) is 24.6 Å². The molecule has 1 saturated heterocycles. The van der Waals surface area contributed by atoms with Crippen LogP contribution in [-0.4, -0.2) is 80.4 Å². The standard InChI is InChI=1S/C33H42F2N6O3/c1-22-14-37-39(16-22)18-25-19-40(30(43)44-31(3,4)5)23(2)17-38(25)20-29(42)41-21-32(6,7)26-15-36-28(13-27(26)41)33(34,35)24-11-9-8-10-12-24/h8-16,23,25H,17-21H2,1-7H3/t23-,25+/m1/s1. The summed E-state index contributed by atoms with van der Waals surface area (Å²) in [6.45, 7) is 15.0. The lowest BCUT2D eigenvalue weighted by molar-refractivity contribution is -0.121. The van der Waals surface area contributed by atoms with Gasteiger partial charge in [-0.1, -0.05) is 44.2 Å². The summed E-state index contributed by atoms with van der Waals surface area (Å²) in [5, 5.41) is 4.44. The molecule has 2 aliphatic rings. The quantitative estimate of drug-likeness (QED) is 0.375. The number of ether oxygens (including phenoxy) is 1. The van der Waals surface area contributed by atoms with Crippen molar-refractivity contribution in [2.24, 2.45) is 0 Å². The number of hydrogen-bond donors (Lipinski definition) is 0. The molecule has 0 aliphatic carbocycles. The predicted molar refractivity (Wildman–Crippen MR) is 164 cm³/mol. The number of benzene rings is 1. The molecule has 0 N–H and O–H groups in total. The van der Waals surface area contributed by atoms with E-state index in [9.17, 15) is 9.59 Å². The summed E-state index contributed by atoms with van der Waals surface area (Å²) in [6.07, 6.45) is 4.79. The number of fused-ring (bicyclic) bond motifs is 1. The molecule has 2 atom stereocenters. The maximum Gasteiger partial charge on any atom is 0.410 e. The predicted octanol–water partition coefficient (Wildman–Crippen LogP) is 5.36. The number of alkyl halides is 2. The van der Waals surface area contributed by atoms with E-state index in [0.29, 0.717) is 31.9 Å². The van der Waals surface area contributed by atoms with Crippen LogP contribution in [0.5, 0.6) is 0 Å². The number of pyridine rings is 1. The molecule has 44 heavy (non-hydrogen) atoms. The van der Waals surface area contributed by atoms with Gasteiger partial charge in [0.2, 0.25) is 5.91 Å². The summed E-state index contributed by atoms with van der Waals surface area (Å²) in [6, 6.07) is 8.50. The van der Waals surface area contributed by atoms with E-state index in [4.69, 9.17) is 4.74 Å². The molecular formula is C33H42F2N6O3. The minimum Gasteiger partial charge on any atom is -0.444 e. The van der Waals surface area contributed by atoms with Gasteiger partial charge in [-0.3, -0.25) is 19.4 Å². The van der Waals surface area contributed by atoms with Gasteiger partial charge < -0.3 is 14.5 Å². The minimum atomic E-state index is -3.32. The van der Waals surface area contributed by atoms with Gasteiger partial charge >= 0.3 is 12.0 Å². The SMILES string of the molecule is Cc1cnn(C[C@H]2CN(C(=O)OC(C)(C)C)[C@H](C)CN2CC(=O)N2CC(C)(C)c3cnc(C(F)(F)c4ccccc4)cc32)c1. The lowest BCUT2D eigenvalue weighted by Gasteiger charge is -2.45. The first kappa shape index (κ1) is 31.6. The number of rotatable bonds is 6. The fraction of sp³-hybridized carbons (Fsp3) is 0.515. The summed E-state index contributed by atoms with van der Waals surface area (Å²) < 4.78 is 38.6. The molecule has 5 rings (SSSR count). The van der Waals surface area contributed by atoms with Gasteiger partial charge in [-0.2, -0.15) is 13.9 Å². The molecule has 0 saturated carbocycles. The van der Waals surface area contributed by atoms with Crippen molar-refractivity contribution in [1.29, 1.82) is 0 Å². The highest BCUT2D eigenvalue weighted by Crippen LogP contribution is 2.44. The topological polar surface area (TPSA) is 83.8 Å². The number of carbonyl (C=O) groups is 2. The average Bonchev–Trinajstić information content (AvgIpc) is 3.48. The number of aryl methyl sites for hydroxylation is 1. The van der Waals surface area contributed by atoms with E-state index in [0.717, 1.165) is 11.1 Å². The summed E-state index contributed by atoms with van der Waals surface area (Å²) in [5.74, 6) is -3.52. The lowest BCUT2D eigenvalue weighted by atomic mass is 9.88. The maximum absolute atomic E-state index is 15.5. The van der Waals surface area contributed by atoms with Crippen LogP contribution in [0.1, 0.15) is 63.9 Å². The molecule has 2 aliphatic heterocycles. The number of anilines is 1. The first-order chi connectivity index (χ1) is 20.5. The number of carbonyl (C=O) groups excluding carboxylic acids is 2. The van der Waals surface area contributed by atoms with Crippen molar-refractivity contribution in [2.45, 2.75) is 84.0 Å². The van der Waals surface area contributed by atoms with Gasteiger partial charge in [0.1, 0.15) is 11.3 Å². The first-order valence-electron chi connectivity index (χ1n) is 15.0. The Labute approximate surface area is 257 Å². The fourth-order valence-electron chi connectivity index (χ4n) is 6.04. The molecular weight excluding hydrogens is 566 g/mol. The molecule has 9 nitrogen and oxygen atoms in total. The molecule has 4 heterocycles. The minimum absolute atomic E-state index is 0.0552. The fourth-order valence-corrected chi connectivity index (χ4v) is 6.04. The second-order valence-corrected chi connectivity index (χ2v) is 13.7. The Hall–Kier alpha value is -3.86. The largest absolute Gasteiger partial charge is 0.444 e. The molecule has 0 spiro atoms. The van der Waals surface area contributed by atoms with E-state index in [1.54, 1.807) is 34.2 Å². The normalized spacial score (nSPS) is 20.5. The van der Waals surface area contributed by atoms with Crippen LogP contribution in [0.3, 0.4) is 0 Å². The Bertz CT molecular complexity index is 1520. The average molecular weight is 609 g/mol. The molecule has 2 amide bonds. The van der Waals surface area contributed by atoms with E-state index in [-0.39, 0.29) is 30.1 Å². The van der Waals surface area contributed by atoms with Crippen LogP contribution in [0.4, 0.5) is 19.3 Å². The number of nitrogens with zero attached hydrogens (tertiary/aromatic N) is 6. The summed E-state index contributed by atoms with van der Waals surface area (Å²) in [4.78, 5) is 36.7. The highest BCUT2D eigenvalue weighted by Gasteiger charge is 2.44. The molecule has 0 bridgehead atoms. The van der Waals surface area contributed by atoms with Gasteiger partial charge in [-0.15, -0.1) is 0 Å². The van der Waals surface area contributed by atoms with Crippen molar-refractivity contribution in [3.63, 3.8) is 0 Å². The van der Waals surface area contributed by atoms with Crippen molar-refractivity contribution in [2.75, 3.05) is 31.1 Å². The van der Waals surface area contributed by atoms with Crippen LogP contribution in [-0.2, 0) is 27.4 Å². The second kappa shape index (κ2) is 11.6. The number of hydrogen-bond acceptors (Lipinski definition) is 6. The lowest BCUT2D eigenvalue weighted by Crippen LogP contribution is -2.62. The van der Waals surface area contributed by atoms with Gasteiger partial charge in [0, 0.05) is 60.7 Å². The van der Waals surface area contributed by atoms with Crippen LogP contribution < -0.4 is 4.90 Å². The van der Waals surface area contributed by atoms with Crippen molar-refractivity contribution >= 4 is 17.7 Å². The third-order valence-corrected chi connectivity index (χ3v) is 8.30. The molecule has 0 radical (unpaired) electrons. The zero-order valence-corrected chi connectivity index (χ0v) is 26.6. The zero-order chi connectivity index (χ0) is 32.0. The van der Waals surface area contributed by atoms with Gasteiger partial charge in [-0.05, 0) is 46.2 Å². The monoisotopic (exact) mass is 608 g/mol. The first-order valence-corrected chi connectivity index (χ1v) is 15.0. The van der Waals surface area contributed by atoms with Crippen molar-refractivity contribution in [3.05, 3.63) is 77.4 Å². The zero-order valence-electron chi connectivity index (χ0n) is 26.6. The highest BCUT2D eigenvalue weighted by atomic mass is 19.3. The molecule has 11 heteroatoms. The van der Waals surface area contributed by atoms with Crippen molar-refractivity contribution in [3.8, 4) is 0 Å². The maximum atomic E-state index is 15.5. The highest BCUT2D eigenvalue weighted by molar-refractivity contribution is 5.97. The van der Waals surface area contributed by atoms with E-state index >= 15 is 8.78 Å². The Morgan fingerprint density at radius 2 is 1.80 bits per heavy atom. The summed E-state index contributed by atoms with van der Waals surface area (Å²) in [5.41, 5.74) is 0.562. The number of halogens is 2. The third-order valence-electron chi connectivity index (χ3n) is 8.30. The molecule has 2 aromatic heterocycles. The van der Waals surface area contributed by atoms with Crippen LogP contribution >= 0.6 is 0 Å². The smallest absolute Gasteiger partial charge is 0.410 e. The molecule has 236 valence electrons. The Balaban J connectivity index is 1.41.